The Balaban J connectivity index is 1.65. The smallest absolute Gasteiger partial charge is 0.348 e. The van der Waals surface area contributed by atoms with Crippen molar-refractivity contribution in [3.63, 3.8) is 0 Å². The summed E-state index contributed by atoms with van der Waals surface area (Å²) < 4.78 is 11.4. The Hall–Kier alpha value is -1.66. The molecule has 0 bridgehead atoms. The van der Waals surface area contributed by atoms with Crippen LogP contribution in [0.3, 0.4) is 0 Å². The highest BCUT2D eigenvalue weighted by atomic mass is 16.5. The van der Waals surface area contributed by atoms with Gasteiger partial charge in [-0.05, 0) is 38.3 Å². The molecule has 2 saturated heterocycles. The molecule has 3 heterocycles. The number of ether oxygens (including phenoxy) is 2. The molecule has 6 nitrogen and oxygen atoms in total. The molecule has 2 aliphatic rings. The van der Waals surface area contributed by atoms with Crippen LogP contribution in [-0.2, 0) is 9.53 Å². The van der Waals surface area contributed by atoms with E-state index in [4.69, 9.17) is 9.47 Å². The molecule has 0 amide bonds. The van der Waals surface area contributed by atoms with Crippen molar-refractivity contribution in [3.05, 3.63) is 23.5 Å². The number of carboxylic acids is 1. The normalized spacial score (nSPS) is 24.0. The lowest BCUT2D eigenvalue weighted by atomic mass is 9.90. The van der Waals surface area contributed by atoms with Gasteiger partial charge in [0.15, 0.2) is 0 Å². The Morgan fingerprint density at radius 2 is 2.17 bits per heavy atom. The number of carboxylic acid groups (broad SMARTS) is 1. The third-order valence-corrected chi connectivity index (χ3v) is 5.08. The number of likely N-dealkylation sites (tertiary alicyclic amines) is 1. The number of hydrogen-bond donors (Lipinski definition) is 1. The molecule has 1 aromatic heterocycles. The lowest BCUT2D eigenvalue weighted by molar-refractivity contribution is -0.160. The van der Waals surface area contributed by atoms with Crippen LogP contribution in [0.15, 0.2) is 12.1 Å². The van der Waals surface area contributed by atoms with Gasteiger partial charge in [-0.3, -0.25) is 4.98 Å². The molecule has 2 aliphatic heterocycles. The monoisotopic (exact) mass is 334 g/mol. The molecule has 0 aliphatic carbocycles. The summed E-state index contributed by atoms with van der Waals surface area (Å²) in [5, 5.41) is 9.78. The Bertz CT molecular complexity index is 591. The van der Waals surface area contributed by atoms with Crippen LogP contribution < -0.4 is 4.74 Å². The summed E-state index contributed by atoms with van der Waals surface area (Å²) in [6, 6.07) is 3.68. The molecule has 0 radical (unpaired) electrons. The van der Waals surface area contributed by atoms with Crippen LogP contribution in [0.25, 0.3) is 0 Å². The first-order valence-corrected chi connectivity index (χ1v) is 8.65. The van der Waals surface area contributed by atoms with Gasteiger partial charge < -0.3 is 19.5 Å². The van der Waals surface area contributed by atoms with Crippen molar-refractivity contribution in [2.45, 2.75) is 38.7 Å². The molecule has 0 spiro atoms. The van der Waals surface area contributed by atoms with Gasteiger partial charge in [0.25, 0.3) is 0 Å². The average molecular weight is 334 g/mol. The van der Waals surface area contributed by atoms with Gasteiger partial charge >= 0.3 is 5.97 Å². The highest BCUT2D eigenvalue weighted by Crippen LogP contribution is 2.31. The van der Waals surface area contributed by atoms with E-state index in [0.717, 1.165) is 50.7 Å². The third kappa shape index (κ3) is 3.70. The summed E-state index contributed by atoms with van der Waals surface area (Å²) in [6.07, 6.45) is 2.08. The summed E-state index contributed by atoms with van der Waals surface area (Å²) in [6.45, 7) is 7.90. The Labute approximate surface area is 142 Å². The second kappa shape index (κ2) is 7.07. The third-order valence-electron chi connectivity index (χ3n) is 5.08. The van der Waals surface area contributed by atoms with Crippen LogP contribution in [0.5, 0.6) is 5.75 Å². The number of aromatic nitrogens is 1. The lowest BCUT2D eigenvalue weighted by Gasteiger charge is -2.39. The second-order valence-corrected chi connectivity index (χ2v) is 6.97. The van der Waals surface area contributed by atoms with Gasteiger partial charge in [-0.1, -0.05) is 0 Å². The fourth-order valence-corrected chi connectivity index (χ4v) is 3.54. The highest BCUT2D eigenvalue weighted by molar-refractivity contribution is 5.78. The molecular formula is C18H26N2O4. The molecule has 1 N–H and O–H groups in total. The summed E-state index contributed by atoms with van der Waals surface area (Å²) in [5.41, 5.74) is 0.490. The van der Waals surface area contributed by atoms with E-state index in [2.05, 4.69) is 9.88 Å². The van der Waals surface area contributed by atoms with Crippen LogP contribution in [-0.4, -0.2) is 59.4 Å². The fourth-order valence-electron chi connectivity index (χ4n) is 3.54. The van der Waals surface area contributed by atoms with Crippen molar-refractivity contribution >= 4 is 5.97 Å². The topological polar surface area (TPSA) is 71.9 Å². The number of nitrogens with zero attached hydrogens (tertiary/aromatic N) is 2. The van der Waals surface area contributed by atoms with Crippen molar-refractivity contribution in [3.8, 4) is 5.75 Å². The molecule has 24 heavy (non-hydrogen) atoms. The maximum Gasteiger partial charge on any atom is 0.348 e. The number of aliphatic carboxylic acids is 1. The molecule has 6 heteroatoms. The van der Waals surface area contributed by atoms with E-state index in [0.29, 0.717) is 24.5 Å². The van der Waals surface area contributed by atoms with Gasteiger partial charge in [0, 0.05) is 44.8 Å². The van der Waals surface area contributed by atoms with E-state index in [1.807, 2.05) is 26.0 Å². The minimum Gasteiger partial charge on any atom is -0.478 e. The predicted octanol–water partition coefficient (Wildman–Crippen LogP) is 2.03. The van der Waals surface area contributed by atoms with Gasteiger partial charge in [-0.2, -0.15) is 0 Å². The first-order valence-electron chi connectivity index (χ1n) is 8.65. The van der Waals surface area contributed by atoms with Crippen LogP contribution >= 0.6 is 0 Å². The highest BCUT2D eigenvalue weighted by Gasteiger charge is 2.44. The summed E-state index contributed by atoms with van der Waals surface area (Å²) >= 11 is 0. The Morgan fingerprint density at radius 1 is 1.42 bits per heavy atom. The number of hydrogen-bond acceptors (Lipinski definition) is 5. The zero-order chi connectivity index (χ0) is 17.2. The van der Waals surface area contributed by atoms with Crippen molar-refractivity contribution < 1.29 is 19.4 Å². The second-order valence-electron chi connectivity index (χ2n) is 6.97. The number of rotatable bonds is 5. The van der Waals surface area contributed by atoms with E-state index < -0.39 is 11.6 Å². The molecule has 132 valence electrons. The first-order chi connectivity index (χ1) is 11.5. The zero-order valence-electron chi connectivity index (χ0n) is 14.5. The van der Waals surface area contributed by atoms with E-state index in [9.17, 15) is 9.90 Å². The van der Waals surface area contributed by atoms with E-state index >= 15 is 0 Å². The minimum atomic E-state index is -1.15. The summed E-state index contributed by atoms with van der Waals surface area (Å²) in [7, 11) is 0. The molecular weight excluding hydrogens is 308 g/mol. The van der Waals surface area contributed by atoms with Gasteiger partial charge in [0.05, 0.1) is 12.3 Å². The lowest BCUT2D eigenvalue weighted by Crippen LogP contribution is -2.54. The van der Waals surface area contributed by atoms with Crippen molar-refractivity contribution in [2.75, 3.05) is 32.8 Å². The van der Waals surface area contributed by atoms with E-state index in [-0.39, 0.29) is 0 Å². The Kier molecular flexibility index (Phi) is 5.06. The average Bonchev–Trinajstić information content (AvgIpc) is 3.05. The maximum atomic E-state index is 11.9. The molecule has 1 atom stereocenters. The van der Waals surface area contributed by atoms with Crippen LogP contribution in [0.2, 0.25) is 0 Å². The van der Waals surface area contributed by atoms with E-state index in [1.54, 1.807) is 0 Å². The zero-order valence-corrected chi connectivity index (χ0v) is 14.5. The maximum absolute atomic E-state index is 11.9. The quantitative estimate of drug-likeness (QED) is 0.888. The molecule has 3 rings (SSSR count). The molecule has 0 aromatic carbocycles. The van der Waals surface area contributed by atoms with Crippen LogP contribution in [0.4, 0.5) is 0 Å². The van der Waals surface area contributed by atoms with Crippen LogP contribution in [0, 0.1) is 19.8 Å². The van der Waals surface area contributed by atoms with Gasteiger partial charge in [-0.15, -0.1) is 0 Å². The predicted molar refractivity (Wildman–Crippen MR) is 89.3 cm³/mol. The van der Waals surface area contributed by atoms with Crippen LogP contribution in [0.1, 0.15) is 30.7 Å². The van der Waals surface area contributed by atoms with Gasteiger partial charge in [-0.25, -0.2) is 4.79 Å². The van der Waals surface area contributed by atoms with Crippen molar-refractivity contribution in [1.29, 1.82) is 0 Å². The number of aryl methyl sites for hydroxylation is 2. The molecule has 2 fully saturated rings. The summed E-state index contributed by atoms with van der Waals surface area (Å²) in [4.78, 5) is 18.6. The molecule has 0 saturated carbocycles. The standard InChI is InChI=1S/C18H26N2O4/c1-13-3-4-16(14(2)19-13)24-18(17(21)22)6-8-20(9-7-18)11-15-5-10-23-12-15/h3-4,15H,5-12H2,1-2H3,(H,21,22)/t15-/m1/s1. The SMILES string of the molecule is Cc1ccc(OC2(C(=O)O)CCN(C[C@H]3CCOC3)CC2)c(C)n1. The van der Waals surface area contributed by atoms with E-state index in [1.165, 1.54) is 0 Å². The van der Waals surface area contributed by atoms with Gasteiger partial charge in [0.1, 0.15) is 5.75 Å². The number of piperidine rings is 1. The molecule has 1 aromatic rings. The largest absolute Gasteiger partial charge is 0.478 e. The van der Waals surface area contributed by atoms with Gasteiger partial charge in [0.2, 0.25) is 5.60 Å². The van der Waals surface area contributed by atoms with Crippen molar-refractivity contribution in [2.24, 2.45) is 5.92 Å². The minimum absolute atomic E-state index is 0.489. The fraction of sp³-hybridized carbons (Fsp3) is 0.667. The van der Waals surface area contributed by atoms with Crippen molar-refractivity contribution in [1.82, 2.24) is 9.88 Å². The molecule has 0 unspecified atom stereocenters. The number of carbonyl (C=O) groups is 1. The number of pyridine rings is 1. The first kappa shape index (κ1) is 17.2. The summed E-state index contributed by atoms with van der Waals surface area (Å²) in [5.74, 6) is 0.263. The Morgan fingerprint density at radius 3 is 2.75 bits per heavy atom.